The lowest BCUT2D eigenvalue weighted by Gasteiger charge is -2.60. The topological polar surface area (TPSA) is 29.5 Å². The summed E-state index contributed by atoms with van der Waals surface area (Å²) in [6.07, 6.45) is 13.7. The van der Waals surface area contributed by atoms with Crippen LogP contribution in [0.3, 0.4) is 0 Å². The van der Waals surface area contributed by atoms with Crippen LogP contribution in [0, 0.1) is 28.6 Å². The number of halogens is 3. The molecule has 0 radical (unpaired) electrons. The molecule has 44 heavy (non-hydrogen) atoms. The fourth-order valence-electron chi connectivity index (χ4n) is 10.4. The molecule has 2 nitrogen and oxygen atoms in total. The van der Waals surface area contributed by atoms with Crippen molar-refractivity contribution in [3.8, 4) is 0 Å². The van der Waals surface area contributed by atoms with Crippen LogP contribution in [0.1, 0.15) is 86.0 Å². The molecule has 2 aromatic carbocycles. The molecule has 0 aliphatic heterocycles. The zero-order valence-electron chi connectivity index (χ0n) is 27.0. The van der Waals surface area contributed by atoms with Gasteiger partial charge in [-0.3, -0.25) is 0 Å². The van der Waals surface area contributed by atoms with E-state index >= 15 is 0 Å². The molecule has 0 spiro atoms. The van der Waals surface area contributed by atoms with Gasteiger partial charge in [0, 0.05) is 11.5 Å². The van der Waals surface area contributed by atoms with Crippen LogP contribution in [0.15, 0.2) is 81.8 Å². The van der Waals surface area contributed by atoms with E-state index in [0.29, 0.717) is 17.8 Å². The van der Waals surface area contributed by atoms with Crippen molar-refractivity contribution in [2.45, 2.75) is 108 Å². The van der Waals surface area contributed by atoms with Crippen LogP contribution in [0.25, 0.3) is 0 Å². The lowest BCUT2D eigenvalue weighted by Crippen LogP contribution is -2.68. The lowest BCUT2D eigenvalue weighted by atomic mass is 9.47. The van der Waals surface area contributed by atoms with Crippen molar-refractivity contribution in [3.63, 3.8) is 0 Å². The average molecular weight is 806 g/mol. The van der Waals surface area contributed by atoms with Crippen molar-refractivity contribution in [1.29, 1.82) is 0 Å². The second-order valence-corrected chi connectivity index (χ2v) is 23.7. The minimum atomic E-state index is -2.59. The normalized spacial score (nSPS) is 36.0. The number of benzene rings is 2. The van der Waals surface area contributed by atoms with Gasteiger partial charge >= 0.3 is 0 Å². The maximum absolute atomic E-state index is 12.2. The highest BCUT2D eigenvalue weighted by Crippen LogP contribution is 2.68. The average Bonchev–Trinajstić information content (AvgIpc) is 3.27. The highest BCUT2D eigenvalue weighted by atomic mass is 79.9. The summed E-state index contributed by atoms with van der Waals surface area (Å²) in [6.45, 7) is 12.1. The van der Waals surface area contributed by atoms with E-state index in [9.17, 15) is 5.11 Å². The van der Waals surface area contributed by atoms with Gasteiger partial charge in [-0.15, -0.1) is 0 Å². The predicted molar refractivity (Wildman–Crippen MR) is 198 cm³/mol. The Balaban J connectivity index is 1.29. The summed E-state index contributed by atoms with van der Waals surface area (Å²) in [6, 6.07) is 22.2. The summed E-state index contributed by atoms with van der Waals surface area (Å²) >= 11 is 10.9. The Morgan fingerprint density at radius 2 is 1.50 bits per heavy atom. The van der Waals surface area contributed by atoms with Gasteiger partial charge in [-0.1, -0.05) is 123 Å². The molecule has 2 aromatic rings. The van der Waals surface area contributed by atoms with Gasteiger partial charge < -0.3 is 9.53 Å². The number of rotatable bonds is 6. The van der Waals surface area contributed by atoms with E-state index in [0.717, 1.165) is 41.9 Å². The van der Waals surface area contributed by atoms with Crippen molar-refractivity contribution < 1.29 is 9.53 Å². The fourth-order valence-corrected chi connectivity index (χ4v) is 17.4. The summed E-state index contributed by atoms with van der Waals surface area (Å²) in [5.74, 6) is 1.88. The first-order chi connectivity index (χ1) is 20.8. The first kappa shape index (κ1) is 33.4. The van der Waals surface area contributed by atoms with Crippen molar-refractivity contribution in [2.24, 2.45) is 28.6 Å². The Bertz CT molecular complexity index is 1360. The van der Waals surface area contributed by atoms with Crippen molar-refractivity contribution >= 4 is 66.5 Å². The molecule has 4 aliphatic carbocycles. The van der Waals surface area contributed by atoms with Gasteiger partial charge in [0.2, 0.25) is 0 Å². The standard InChI is InChI=1S/C38H49Br3O2Si/c1-35(2,3)44(28-12-8-6-9-13-28,29-14-10-7-11-15-29)43-27-18-21-36(4)26(24-27)16-17-30-31(36)19-22-37(5)32(30)20-23-38(37,42)33(39)25-34(40)41/h6-16,25,27,30-33,42H,17-24H2,1-5H3/t27?,30-,31-,32+,33?,36+,37+,38?/m1/s1. The molecule has 238 valence electrons. The fraction of sp³-hybridized carbons (Fsp3) is 0.579. The van der Waals surface area contributed by atoms with E-state index in [4.69, 9.17) is 4.43 Å². The molecule has 0 amide bonds. The maximum Gasteiger partial charge on any atom is 0.261 e. The molecule has 8 atom stereocenters. The van der Waals surface area contributed by atoms with E-state index in [-0.39, 0.29) is 26.8 Å². The highest BCUT2D eigenvalue weighted by molar-refractivity contribution is 9.28. The monoisotopic (exact) mass is 802 g/mol. The second-order valence-electron chi connectivity index (χ2n) is 15.7. The molecule has 3 unspecified atom stereocenters. The predicted octanol–water partition coefficient (Wildman–Crippen LogP) is 10.0. The quantitative estimate of drug-likeness (QED) is 0.179. The molecule has 6 rings (SSSR count). The van der Waals surface area contributed by atoms with Crippen LogP contribution in [-0.2, 0) is 4.43 Å². The molecule has 0 aromatic heterocycles. The molecule has 3 fully saturated rings. The maximum atomic E-state index is 12.2. The summed E-state index contributed by atoms with van der Waals surface area (Å²) in [5.41, 5.74) is 1.05. The Kier molecular flexibility index (Phi) is 9.25. The van der Waals surface area contributed by atoms with Gasteiger partial charge in [0.15, 0.2) is 0 Å². The van der Waals surface area contributed by atoms with E-state index in [1.807, 2.05) is 0 Å². The van der Waals surface area contributed by atoms with Crippen molar-refractivity contribution in [3.05, 3.63) is 81.8 Å². The molecule has 4 aliphatic rings. The zero-order chi connectivity index (χ0) is 31.5. The Morgan fingerprint density at radius 1 is 0.909 bits per heavy atom. The molecule has 1 N–H and O–H groups in total. The molecule has 0 bridgehead atoms. The van der Waals surface area contributed by atoms with Gasteiger partial charge in [0.25, 0.3) is 8.32 Å². The lowest BCUT2D eigenvalue weighted by molar-refractivity contribution is -0.119. The zero-order valence-corrected chi connectivity index (χ0v) is 32.7. The summed E-state index contributed by atoms with van der Waals surface area (Å²) in [4.78, 5) is -0.0744. The third-order valence-electron chi connectivity index (χ3n) is 12.8. The SMILES string of the molecule is CC(C)(C)[Si](OC1CC[C@@]2(C)C(=CC[C@@H]3[C@H]2CC[C@@]2(C)[C@H]3CCC2(O)C(Br)C=C(Br)Br)C1)(c1ccccc1)c1ccccc1. The third-order valence-corrected chi connectivity index (χ3v) is 19.4. The summed E-state index contributed by atoms with van der Waals surface area (Å²) in [7, 11) is -2.59. The number of hydrogen-bond acceptors (Lipinski definition) is 2. The first-order valence-electron chi connectivity index (χ1n) is 16.6. The molecular formula is C38H49Br3O2Si. The first-order valence-corrected chi connectivity index (χ1v) is 21.0. The Hall–Kier alpha value is -0.503. The van der Waals surface area contributed by atoms with Crippen LogP contribution < -0.4 is 10.4 Å². The Labute approximate surface area is 292 Å². The molecule has 0 heterocycles. The third kappa shape index (κ3) is 5.28. The number of fused-ring (bicyclic) bond motifs is 5. The van der Waals surface area contributed by atoms with E-state index in [2.05, 4.69) is 155 Å². The number of hydrogen-bond donors (Lipinski definition) is 1. The van der Waals surface area contributed by atoms with Crippen molar-refractivity contribution in [2.75, 3.05) is 0 Å². The van der Waals surface area contributed by atoms with Crippen LogP contribution in [0.5, 0.6) is 0 Å². The van der Waals surface area contributed by atoms with E-state index in [1.165, 1.54) is 23.2 Å². The number of aliphatic hydroxyl groups is 1. The van der Waals surface area contributed by atoms with Gasteiger partial charge in [0.05, 0.1) is 13.8 Å². The van der Waals surface area contributed by atoms with Crippen LogP contribution in [0.4, 0.5) is 0 Å². The molecule has 3 saturated carbocycles. The Morgan fingerprint density at radius 3 is 2.07 bits per heavy atom. The molecule has 6 heteroatoms. The summed E-state index contributed by atoms with van der Waals surface area (Å²) in [5, 5.41) is 14.9. The van der Waals surface area contributed by atoms with E-state index < -0.39 is 13.9 Å². The van der Waals surface area contributed by atoms with Gasteiger partial charge in [-0.25, -0.2) is 0 Å². The van der Waals surface area contributed by atoms with Crippen LogP contribution >= 0.6 is 47.8 Å². The number of allylic oxidation sites excluding steroid dienone is 1. The molecular weight excluding hydrogens is 756 g/mol. The highest BCUT2D eigenvalue weighted by Gasteiger charge is 2.65. The second kappa shape index (κ2) is 12.2. The van der Waals surface area contributed by atoms with E-state index in [1.54, 1.807) is 5.57 Å². The number of alkyl halides is 1. The minimum Gasteiger partial charge on any atom is -0.404 e. The van der Waals surface area contributed by atoms with Gasteiger partial charge in [-0.05, 0) is 128 Å². The van der Waals surface area contributed by atoms with Crippen LogP contribution in [0.2, 0.25) is 5.04 Å². The minimum absolute atomic E-state index is 0.0114. The van der Waals surface area contributed by atoms with Gasteiger partial charge in [0.1, 0.15) is 0 Å². The largest absolute Gasteiger partial charge is 0.404 e. The van der Waals surface area contributed by atoms with Crippen LogP contribution in [-0.4, -0.2) is 30.0 Å². The smallest absolute Gasteiger partial charge is 0.261 e. The van der Waals surface area contributed by atoms with Crippen molar-refractivity contribution in [1.82, 2.24) is 0 Å². The summed E-state index contributed by atoms with van der Waals surface area (Å²) < 4.78 is 8.56. The molecule has 0 saturated heterocycles. The van der Waals surface area contributed by atoms with Gasteiger partial charge in [-0.2, -0.15) is 0 Å².